The molecule has 0 fully saturated rings. The Bertz CT molecular complexity index is 1350. The van der Waals surface area contributed by atoms with Gasteiger partial charge in [-0.3, -0.25) is 4.79 Å². The number of aromatic nitrogens is 3. The second-order valence-electron chi connectivity index (χ2n) is 7.32. The van der Waals surface area contributed by atoms with Crippen LogP contribution in [-0.4, -0.2) is 15.6 Å². The molecule has 0 radical (unpaired) electrons. The van der Waals surface area contributed by atoms with Gasteiger partial charge in [-0.2, -0.15) is 0 Å². The summed E-state index contributed by atoms with van der Waals surface area (Å²) in [5.41, 5.74) is 3.32. The molecule has 0 unspecified atom stereocenters. The molecule has 31 heavy (non-hydrogen) atoms. The fourth-order valence-electron chi connectivity index (χ4n) is 3.66. The Kier molecular flexibility index (Phi) is 4.88. The molecule has 0 bridgehead atoms. The number of hydrogen-bond acceptors (Lipinski definition) is 3. The zero-order valence-corrected chi connectivity index (χ0v) is 16.6. The Balaban J connectivity index is 1.43. The fourth-order valence-corrected chi connectivity index (χ4v) is 3.66. The van der Waals surface area contributed by atoms with Gasteiger partial charge in [-0.1, -0.05) is 48.5 Å². The van der Waals surface area contributed by atoms with Gasteiger partial charge in [0.15, 0.2) is 5.78 Å². The normalized spacial score (nSPS) is 11.1. The molecule has 0 atom stereocenters. The quantitative estimate of drug-likeness (QED) is 0.301. The third-order valence-electron chi connectivity index (χ3n) is 5.18. The van der Waals surface area contributed by atoms with Gasteiger partial charge < -0.3 is 4.42 Å². The average molecular weight is 412 g/mol. The lowest BCUT2D eigenvalue weighted by atomic mass is 10.1. The Morgan fingerprint density at radius 3 is 2.52 bits per heavy atom. The van der Waals surface area contributed by atoms with Crippen molar-refractivity contribution >= 4 is 16.8 Å². The van der Waals surface area contributed by atoms with Gasteiger partial charge in [0.05, 0.1) is 0 Å². The lowest BCUT2D eigenvalue weighted by molar-refractivity contribution is -0.683. The lowest BCUT2D eigenvalue weighted by Crippen LogP contribution is -2.35. The van der Waals surface area contributed by atoms with Crippen molar-refractivity contribution in [1.82, 2.24) is 9.78 Å². The molecule has 0 aliphatic heterocycles. The number of halogens is 1. The van der Waals surface area contributed by atoms with Crippen LogP contribution < -0.4 is 4.57 Å². The number of hydrogen-bond donors (Lipinski definition) is 0. The van der Waals surface area contributed by atoms with Gasteiger partial charge in [0.2, 0.25) is 6.33 Å². The maximum Gasteiger partial charge on any atom is 0.265 e. The molecule has 5 nitrogen and oxygen atoms in total. The molecule has 5 rings (SSSR count). The van der Waals surface area contributed by atoms with E-state index in [0.717, 1.165) is 27.9 Å². The number of ketones is 1. The van der Waals surface area contributed by atoms with Crippen LogP contribution in [0.15, 0.2) is 95.9 Å². The van der Waals surface area contributed by atoms with Crippen LogP contribution in [0.5, 0.6) is 0 Å². The Morgan fingerprint density at radius 2 is 1.71 bits per heavy atom. The highest BCUT2D eigenvalue weighted by molar-refractivity contribution is 5.95. The SMILES string of the molecule is O=C(C[n+]1cnn(Cc2c(-c3ccccc3)oc3ccccc23)c1)c1ccc(F)cc1. The maximum absolute atomic E-state index is 13.1. The summed E-state index contributed by atoms with van der Waals surface area (Å²) in [5, 5.41) is 5.45. The van der Waals surface area contributed by atoms with Crippen LogP contribution in [0.2, 0.25) is 0 Å². The summed E-state index contributed by atoms with van der Waals surface area (Å²) >= 11 is 0. The highest BCUT2D eigenvalue weighted by Crippen LogP contribution is 2.33. The van der Waals surface area contributed by atoms with E-state index in [1.807, 2.05) is 54.6 Å². The topological polar surface area (TPSA) is 51.9 Å². The number of furan rings is 1. The largest absolute Gasteiger partial charge is 0.456 e. The molecule has 0 spiro atoms. The first-order chi connectivity index (χ1) is 15.2. The van der Waals surface area contributed by atoms with Crippen molar-refractivity contribution in [1.29, 1.82) is 0 Å². The number of benzene rings is 3. The van der Waals surface area contributed by atoms with E-state index in [1.165, 1.54) is 24.3 Å². The summed E-state index contributed by atoms with van der Waals surface area (Å²) in [4.78, 5) is 12.5. The van der Waals surface area contributed by atoms with Gasteiger partial charge in [0.1, 0.15) is 30.3 Å². The van der Waals surface area contributed by atoms with Crippen molar-refractivity contribution < 1.29 is 18.2 Å². The molecule has 2 heterocycles. The van der Waals surface area contributed by atoms with Crippen molar-refractivity contribution in [2.24, 2.45) is 0 Å². The lowest BCUT2D eigenvalue weighted by Gasteiger charge is -2.01. The Hall–Kier alpha value is -4.06. The van der Waals surface area contributed by atoms with E-state index in [1.54, 1.807) is 21.9 Å². The number of para-hydroxylation sites is 1. The van der Waals surface area contributed by atoms with E-state index in [-0.39, 0.29) is 18.1 Å². The monoisotopic (exact) mass is 412 g/mol. The van der Waals surface area contributed by atoms with E-state index in [0.29, 0.717) is 12.1 Å². The number of fused-ring (bicyclic) bond motifs is 1. The van der Waals surface area contributed by atoms with Crippen LogP contribution in [0.25, 0.3) is 22.3 Å². The van der Waals surface area contributed by atoms with E-state index in [9.17, 15) is 9.18 Å². The molecule has 0 saturated carbocycles. The predicted octanol–water partition coefficient (Wildman–Crippen LogP) is 4.65. The van der Waals surface area contributed by atoms with Crippen LogP contribution >= 0.6 is 0 Å². The van der Waals surface area contributed by atoms with Gasteiger partial charge in [0, 0.05) is 27.2 Å². The molecule has 6 heteroatoms. The summed E-state index contributed by atoms with van der Waals surface area (Å²) in [5.74, 6) is 0.341. The molecule has 152 valence electrons. The molecule has 3 aromatic carbocycles. The molecule has 5 aromatic rings. The third-order valence-corrected chi connectivity index (χ3v) is 5.18. The molecule has 0 amide bonds. The average Bonchev–Trinajstić information content (AvgIpc) is 3.39. The minimum Gasteiger partial charge on any atom is -0.456 e. The number of carbonyl (C=O) groups excluding carboxylic acids is 1. The first kappa shape index (κ1) is 18.9. The minimum atomic E-state index is -0.362. The van der Waals surface area contributed by atoms with E-state index >= 15 is 0 Å². The molecule has 0 N–H and O–H groups in total. The van der Waals surface area contributed by atoms with Gasteiger partial charge >= 0.3 is 0 Å². The zero-order valence-electron chi connectivity index (χ0n) is 16.6. The number of rotatable bonds is 6. The molecule has 0 saturated heterocycles. The first-order valence-electron chi connectivity index (χ1n) is 9.93. The second-order valence-corrected chi connectivity index (χ2v) is 7.32. The van der Waals surface area contributed by atoms with E-state index in [4.69, 9.17) is 4.42 Å². The predicted molar refractivity (Wildman–Crippen MR) is 114 cm³/mol. The smallest absolute Gasteiger partial charge is 0.265 e. The van der Waals surface area contributed by atoms with Crippen molar-refractivity contribution in [3.05, 3.63) is 108 Å². The van der Waals surface area contributed by atoms with Crippen molar-refractivity contribution in [3.8, 4) is 11.3 Å². The van der Waals surface area contributed by atoms with E-state index < -0.39 is 0 Å². The number of carbonyl (C=O) groups is 1. The molecular weight excluding hydrogens is 393 g/mol. The molecular formula is C25H19FN3O2+. The minimum absolute atomic E-state index is 0.108. The Morgan fingerprint density at radius 1 is 0.968 bits per heavy atom. The van der Waals surface area contributed by atoms with Crippen molar-refractivity contribution in [3.63, 3.8) is 0 Å². The van der Waals surface area contributed by atoms with Crippen LogP contribution in [-0.2, 0) is 13.1 Å². The standard InChI is InChI=1S/C25H19FN3O2/c26-20-12-10-18(11-13-20)23(30)15-28-16-27-29(17-28)14-22-21-8-4-5-9-24(21)31-25(22)19-6-2-1-3-7-19/h1-13,16-17H,14-15H2/q+1. The second kappa shape index (κ2) is 7.99. The summed E-state index contributed by atoms with van der Waals surface area (Å²) in [6, 6.07) is 23.5. The third kappa shape index (κ3) is 3.88. The number of nitrogens with zero attached hydrogens (tertiary/aromatic N) is 3. The number of Topliss-reactive ketones (excluding diaryl/α,β-unsaturated/α-hetero) is 1. The summed E-state index contributed by atoms with van der Waals surface area (Å²) in [6.45, 7) is 0.627. The van der Waals surface area contributed by atoms with Gasteiger partial charge in [-0.15, -0.1) is 4.68 Å². The van der Waals surface area contributed by atoms with Crippen molar-refractivity contribution in [2.75, 3.05) is 0 Å². The van der Waals surface area contributed by atoms with Gasteiger partial charge in [-0.25, -0.2) is 8.96 Å². The summed E-state index contributed by atoms with van der Waals surface area (Å²) in [6.07, 6.45) is 3.41. The van der Waals surface area contributed by atoms with Crippen LogP contribution in [0.3, 0.4) is 0 Å². The van der Waals surface area contributed by atoms with Crippen LogP contribution in [0.1, 0.15) is 15.9 Å². The fraction of sp³-hybridized carbons (Fsp3) is 0.0800. The molecule has 2 aromatic heterocycles. The zero-order chi connectivity index (χ0) is 21.2. The first-order valence-corrected chi connectivity index (χ1v) is 9.93. The summed E-state index contributed by atoms with van der Waals surface area (Å²) in [7, 11) is 0. The summed E-state index contributed by atoms with van der Waals surface area (Å²) < 4.78 is 22.8. The Labute approximate surface area is 178 Å². The van der Waals surface area contributed by atoms with Crippen LogP contribution in [0, 0.1) is 5.82 Å². The highest BCUT2D eigenvalue weighted by Gasteiger charge is 2.19. The maximum atomic E-state index is 13.1. The van der Waals surface area contributed by atoms with Crippen LogP contribution in [0.4, 0.5) is 4.39 Å². The van der Waals surface area contributed by atoms with Crippen molar-refractivity contribution in [2.45, 2.75) is 13.1 Å². The highest BCUT2D eigenvalue weighted by atomic mass is 19.1. The van der Waals surface area contributed by atoms with Gasteiger partial charge in [0.25, 0.3) is 6.33 Å². The molecule has 0 aliphatic carbocycles. The van der Waals surface area contributed by atoms with E-state index in [2.05, 4.69) is 5.10 Å². The molecule has 0 aliphatic rings. The van der Waals surface area contributed by atoms with Gasteiger partial charge in [-0.05, 0) is 30.3 Å².